The molecular formula is C20H23ClN2O3. The van der Waals surface area contributed by atoms with Gasteiger partial charge in [0.2, 0.25) is 0 Å². The van der Waals surface area contributed by atoms with Gasteiger partial charge in [0.15, 0.2) is 6.10 Å². The fraction of sp³-hybridized carbons (Fsp3) is 0.350. The summed E-state index contributed by atoms with van der Waals surface area (Å²) in [5.74, 6) is 0.425. The molecule has 1 saturated heterocycles. The number of carbonyl (C=O) groups excluding carboxylic acids is 1. The highest BCUT2D eigenvalue weighted by Gasteiger charge is 2.16. The maximum Gasteiger partial charge on any atom is 0.265 e. The number of morpholine rings is 1. The summed E-state index contributed by atoms with van der Waals surface area (Å²) in [4.78, 5) is 14.6. The van der Waals surface area contributed by atoms with Gasteiger partial charge < -0.3 is 19.7 Å². The number of nitrogens with zero attached hydrogens (tertiary/aromatic N) is 1. The van der Waals surface area contributed by atoms with Crippen LogP contribution in [0, 0.1) is 6.92 Å². The Morgan fingerprint density at radius 1 is 1.19 bits per heavy atom. The Labute approximate surface area is 158 Å². The van der Waals surface area contributed by atoms with Crippen LogP contribution in [-0.2, 0) is 9.53 Å². The summed E-state index contributed by atoms with van der Waals surface area (Å²) in [5.41, 5.74) is 2.79. The number of ether oxygens (including phenoxy) is 2. The zero-order valence-electron chi connectivity index (χ0n) is 15.0. The largest absolute Gasteiger partial charge is 0.481 e. The quantitative estimate of drug-likeness (QED) is 0.862. The van der Waals surface area contributed by atoms with Crippen molar-refractivity contribution >= 4 is 28.9 Å². The molecule has 0 unspecified atom stereocenters. The summed E-state index contributed by atoms with van der Waals surface area (Å²) in [6.07, 6.45) is -0.616. The molecule has 1 aliphatic rings. The van der Waals surface area contributed by atoms with E-state index in [9.17, 15) is 4.79 Å². The van der Waals surface area contributed by atoms with E-state index >= 15 is 0 Å². The molecule has 1 heterocycles. The van der Waals surface area contributed by atoms with Crippen molar-refractivity contribution in [2.75, 3.05) is 36.5 Å². The number of halogens is 1. The van der Waals surface area contributed by atoms with Gasteiger partial charge in [-0.15, -0.1) is 0 Å². The van der Waals surface area contributed by atoms with Gasteiger partial charge in [-0.3, -0.25) is 4.79 Å². The lowest BCUT2D eigenvalue weighted by molar-refractivity contribution is -0.122. The van der Waals surface area contributed by atoms with E-state index in [-0.39, 0.29) is 5.91 Å². The van der Waals surface area contributed by atoms with Crippen LogP contribution in [0.25, 0.3) is 0 Å². The average Bonchev–Trinajstić information content (AvgIpc) is 2.66. The van der Waals surface area contributed by atoms with Crippen LogP contribution in [0.3, 0.4) is 0 Å². The lowest BCUT2D eigenvalue weighted by Gasteiger charge is -2.29. The van der Waals surface area contributed by atoms with E-state index in [0.717, 1.165) is 43.2 Å². The van der Waals surface area contributed by atoms with Crippen LogP contribution in [-0.4, -0.2) is 38.3 Å². The molecule has 1 fully saturated rings. The van der Waals surface area contributed by atoms with Gasteiger partial charge in [-0.2, -0.15) is 0 Å². The standard InChI is InChI=1S/C20H23ClN2O3/c1-14-13-18(7-8-19(14)21)26-15(2)20(24)22-16-3-5-17(6-4-16)23-9-11-25-12-10-23/h3-8,13,15H,9-12H2,1-2H3,(H,22,24)/t15-/m1/s1. The van der Waals surface area contributed by atoms with Gasteiger partial charge >= 0.3 is 0 Å². The van der Waals surface area contributed by atoms with Crippen LogP contribution in [0.1, 0.15) is 12.5 Å². The SMILES string of the molecule is Cc1cc(O[C@H](C)C(=O)Nc2ccc(N3CCOCC3)cc2)ccc1Cl. The van der Waals surface area contributed by atoms with E-state index in [2.05, 4.69) is 10.2 Å². The van der Waals surface area contributed by atoms with Gasteiger partial charge in [-0.25, -0.2) is 0 Å². The Morgan fingerprint density at radius 2 is 1.88 bits per heavy atom. The Hall–Kier alpha value is -2.24. The first kappa shape index (κ1) is 18.5. The highest BCUT2D eigenvalue weighted by atomic mass is 35.5. The number of amides is 1. The molecular weight excluding hydrogens is 352 g/mol. The first-order valence-electron chi connectivity index (χ1n) is 8.69. The van der Waals surface area contributed by atoms with Crippen molar-refractivity contribution in [3.05, 3.63) is 53.1 Å². The molecule has 0 aliphatic carbocycles. The molecule has 1 amide bonds. The van der Waals surface area contributed by atoms with Crippen molar-refractivity contribution < 1.29 is 14.3 Å². The van der Waals surface area contributed by atoms with Crippen molar-refractivity contribution in [3.8, 4) is 5.75 Å². The van der Waals surface area contributed by atoms with E-state index in [1.807, 2.05) is 37.3 Å². The monoisotopic (exact) mass is 374 g/mol. The number of nitrogens with one attached hydrogen (secondary N) is 1. The number of benzene rings is 2. The predicted octanol–water partition coefficient (Wildman–Crippen LogP) is 3.89. The average molecular weight is 375 g/mol. The van der Waals surface area contributed by atoms with Crippen LogP contribution in [0.2, 0.25) is 5.02 Å². The third-order valence-corrected chi connectivity index (χ3v) is 4.75. The Morgan fingerprint density at radius 3 is 2.54 bits per heavy atom. The lowest BCUT2D eigenvalue weighted by atomic mass is 10.2. The van der Waals surface area contributed by atoms with E-state index in [4.69, 9.17) is 21.1 Å². The first-order chi connectivity index (χ1) is 12.5. The topological polar surface area (TPSA) is 50.8 Å². The molecule has 2 aromatic carbocycles. The van der Waals surface area contributed by atoms with Crippen molar-refractivity contribution in [1.82, 2.24) is 0 Å². The van der Waals surface area contributed by atoms with Crippen LogP contribution < -0.4 is 15.0 Å². The summed E-state index contributed by atoms with van der Waals surface area (Å²) < 4.78 is 11.1. The predicted molar refractivity (Wildman–Crippen MR) is 104 cm³/mol. The zero-order chi connectivity index (χ0) is 18.5. The summed E-state index contributed by atoms with van der Waals surface area (Å²) in [6, 6.07) is 13.2. The fourth-order valence-corrected chi connectivity index (χ4v) is 2.89. The normalized spacial score (nSPS) is 15.4. The Bertz CT molecular complexity index is 758. The molecule has 1 aliphatic heterocycles. The van der Waals surface area contributed by atoms with E-state index < -0.39 is 6.10 Å². The lowest BCUT2D eigenvalue weighted by Crippen LogP contribution is -2.36. The summed E-state index contributed by atoms with van der Waals surface area (Å²) in [6.45, 7) is 6.89. The number of anilines is 2. The molecule has 0 bridgehead atoms. The van der Waals surface area contributed by atoms with Crippen LogP contribution in [0.4, 0.5) is 11.4 Å². The van der Waals surface area contributed by atoms with Crippen molar-refractivity contribution in [2.45, 2.75) is 20.0 Å². The maximum atomic E-state index is 12.4. The van der Waals surface area contributed by atoms with E-state index in [1.54, 1.807) is 19.1 Å². The van der Waals surface area contributed by atoms with Gasteiger partial charge in [-0.1, -0.05) is 11.6 Å². The molecule has 1 N–H and O–H groups in total. The summed E-state index contributed by atoms with van der Waals surface area (Å²) >= 11 is 6.01. The van der Waals surface area contributed by atoms with Crippen LogP contribution >= 0.6 is 11.6 Å². The zero-order valence-corrected chi connectivity index (χ0v) is 15.8. The molecule has 1 atom stereocenters. The maximum absolute atomic E-state index is 12.4. The minimum atomic E-state index is -0.616. The molecule has 3 rings (SSSR count). The molecule has 0 spiro atoms. The first-order valence-corrected chi connectivity index (χ1v) is 9.07. The van der Waals surface area contributed by atoms with Gasteiger partial charge in [0.05, 0.1) is 13.2 Å². The third-order valence-electron chi connectivity index (χ3n) is 4.32. The smallest absolute Gasteiger partial charge is 0.265 e. The van der Waals surface area contributed by atoms with Gasteiger partial charge in [-0.05, 0) is 61.9 Å². The van der Waals surface area contributed by atoms with Crippen LogP contribution in [0.5, 0.6) is 5.75 Å². The van der Waals surface area contributed by atoms with E-state index in [0.29, 0.717) is 10.8 Å². The van der Waals surface area contributed by atoms with Gasteiger partial charge in [0.25, 0.3) is 5.91 Å². The Balaban J connectivity index is 1.57. The minimum absolute atomic E-state index is 0.197. The van der Waals surface area contributed by atoms with Crippen LogP contribution in [0.15, 0.2) is 42.5 Å². The number of hydrogen-bond donors (Lipinski definition) is 1. The number of carbonyl (C=O) groups is 1. The molecule has 0 radical (unpaired) electrons. The summed E-state index contributed by atoms with van der Waals surface area (Å²) in [7, 11) is 0. The molecule has 6 heteroatoms. The molecule has 26 heavy (non-hydrogen) atoms. The second kappa shape index (κ2) is 8.43. The van der Waals surface area contributed by atoms with Crippen molar-refractivity contribution in [3.63, 3.8) is 0 Å². The third kappa shape index (κ3) is 4.68. The molecule has 5 nitrogen and oxygen atoms in total. The molecule has 138 valence electrons. The van der Waals surface area contributed by atoms with Crippen molar-refractivity contribution in [2.24, 2.45) is 0 Å². The van der Waals surface area contributed by atoms with Gasteiger partial charge in [0.1, 0.15) is 5.75 Å². The molecule has 2 aromatic rings. The summed E-state index contributed by atoms with van der Waals surface area (Å²) in [5, 5.41) is 3.56. The second-order valence-corrected chi connectivity index (χ2v) is 6.71. The molecule has 0 aromatic heterocycles. The second-order valence-electron chi connectivity index (χ2n) is 6.31. The van der Waals surface area contributed by atoms with E-state index in [1.165, 1.54) is 0 Å². The van der Waals surface area contributed by atoms with Crippen molar-refractivity contribution in [1.29, 1.82) is 0 Å². The fourth-order valence-electron chi connectivity index (χ4n) is 2.77. The number of aryl methyl sites for hydroxylation is 1. The van der Waals surface area contributed by atoms with Gasteiger partial charge in [0, 0.05) is 29.5 Å². The molecule has 0 saturated carbocycles. The highest BCUT2D eigenvalue weighted by Crippen LogP contribution is 2.23. The number of rotatable bonds is 5. The Kier molecular flexibility index (Phi) is 6.01. The minimum Gasteiger partial charge on any atom is -0.481 e. The number of hydrogen-bond acceptors (Lipinski definition) is 4. The highest BCUT2D eigenvalue weighted by molar-refractivity contribution is 6.31.